The standard InChI is InChI=1S/C45H53F3N8O2Si.ClH/c1-25(2)59(26(3)4,27(5)6)15-12-34-36(47)11-8-28-16-33(57)17-35(37(28)34)41-39(48)42-38(40(52-41)29-19-49-50-20-29)43(55-22-31-9-10-32(23-55)51-31)54-44(53-42)58-24-45-13-7-14-56(45)21-30(46)18-45;/h8,11,16-17,19-20,25-27,30-32,51,57H,7,9-10,13-14,18,21-24H2,1-6H3,(H,49,50);1H/t30-,31-,32+,45+;/m1./s1. The van der Waals surface area contributed by atoms with Crippen molar-refractivity contribution < 1.29 is 23.0 Å². The van der Waals surface area contributed by atoms with Gasteiger partial charge in [-0.1, -0.05) is 53.5 Å². The molecule has 318 valence electrons. The quantitative estimate of drug-likeness (QED) is 0.0987. The number of aromatic amines is 1. The van der Waals surface area contributed by atoms with Gasteiger partial charge in [0, 0.05) is 60.8 Å². The van der Waals surface area contributed by atoms with Crippen LogP contribution < -0.4 is 15.0 Å². The molecule has 4 aliphatic rings. The van der Waals surface area contributed by atoms with E-state index in [9.17, 15) is 9.50 Å². The van der Waals surface area contributed by atoms with Gasteiger partial charge >= 0.3 is 6.01 Å². The van der Waals surface area contributed by atoms with Crippen molar-refractivity contribution in [1.29, 1.82) is 0 Å². The Balaban J connectivity index is 0.00000499. The van der Waals surface area contributed by atoms with E-state index in [0.29, 0.717) is 75.9 Å². The number of nitrogens with one attached hydrogen (secondary N) is 2. The molecule has 3 aromatic heterocycles. The van der Waals surface area contributed by atoms with Crippen molar-refractivity contribution in [2.75, 3.05) is 37.7 Å². The Morgan fingerprint density at radius 3 is 2.38 bits per heavy atom. The Labute approximate surface area is 356 Å². The maximum absolute atomic E-state index is 17.9. The molecule has 5 aromatic rings. The Kier molecular flexibility index (Phi) is 11.4. The van der Waals surface area contributed by atoms with E-state index in [1.165, 1.54) is 12.1 Å². The summed E-state index contributed by atoms with van der Waals surface area (Å²) in [6.07, 6.45) is 6.50. The number of aromatic nitrogens is 5. The summed E-state index contributed by atoms with van der Waals surface area (Å²) in [4.78, 5) is 19.2. The first-order valence-corrected chi connectivity index (χ1v) is 23.4. The van der Waals surface area contributed by atoms with Gasteiger partial charge in [0.25, 0.3) is 0 Å². The van der Waals surface area contributed by atoms with Crippen LogP contribution in [0.25, 0.3) is 44.2 Å². The zero-order valence-corrected chi connectivity index (χ0v) is 36.9. The number of H-pyrrole nitrogens is 1. The van der Waals surface area contributed by atoms with Crippen LogP contribution in [-0.2, 0) is 0 Å². The third kappa shape index (κ3) is 7.09. The van der Waals surface area contributed by atoms with E-state index in [0.717, 1.165) is 32.2 Å². The van der Waals surface area contributed by atoms with Crippen molar-refractivity contribution in [2.24, 2.45) is 0 Å². The van der Waals surface area contributed by atoms with Crippen LogP contribution in [0.5, 0.6) is 11.8 Å². The first kappa shape index (κ1) is 42.3. The van der Waals surface area contributed by atoms with E-state index >= 15 is 8.78 Å². The van der Waals surface area contributed by atoms with E-state index in [4.69, 9.17) is 19.7 Å². The van der Waals surface area contributed by atoms with Crippen LogP contribution in [0.3, 0.4) is 0 Å². The summed E-state index contributed by atoms with van der Waals surface area (Å²) in [6, 6.07) is 6.36. The number of nitrogens with zero attached hydrogens (tertiary/aromatic N) is 6. The van der Waals surface area contributed by atoms with Crippen LogP contribution in [0.4, 0.5) is 19.0 Å². The molecule has 2 aromatic carbocycles. The fraction of sp³-hybridized carbons (Fsp3) is 0.511. The van der Waals surface area contributed by atoms with Gasteiger partial charge in [0.2, 0.25) is 0 Å². The second-order valence-electron chi connectivity index (χ2n) is 18.2. The van der Waals surface area contributed by atoms with Crippen molar-refractivity contribution >= 4 is 48.0 Å². The number of ether oxygens (including phenoxy) is 1. The number of hydrogen-bond donors (Lipinski definition) is 3. The molecule has 0 radical (unpaired) electrons. The number of alkyl halides is 1. The molecule has 0 unspecified atom stereocenters. The molecule has 4 saturated heterocycles. The molecule has 15 heteroatoms. The fourth-order valence-corrected chi connectivity index (χ4v) is 16.4. The summed E-state index contributed by atoms with van der Waals surface area (Å²) in [7, 11) is -2.33. The first-order chi connectivity index (χ1) is 28.3. The first-order valence-electron chi connectivity index (χ1n) is 21.2. The van der Waals surface area contributed by atoms with E-state index in [-0.39, 0.29) is 65.2 Å². The van der Waals surface area contributed by atoms with Crippen molar-refractivity contribution in [3.05, 3.63) is 53.9 Å². The second kappa shape index (κ2) is 16.1. The molecule has 9 rings (SSSR count). The lowest BCUT2D eigenvalue weighted by molar-refractivity contribution is 0.107. The minimum Gasteiger partial charge on any atom is -0.508 e. The van der Waals surface area contributed by atoms with Gasteiger partial charge in [-0.05, 0) is 72.4 Å². The zero-order chi connectivity index (χ0) is 41.4. The number of benzene rings is 2. The van der Waals surface area contributed by atoms with Crippen LogP contribution in [0, 0.1) is 23.1 Å². The summed E-state index contributed by atoms with van der Waals surface area (Å²) in [5.41, 5.74) is 5.19. The second-order valence-corrected chi connectivity index (χ2v) is 23.8. The lowest BCUT2D eigenvalue weighted by atomic mass is 9.95. The monoisotopic (exact) mass is 858 g/mol. The summed E-state index contributed by atoms with van der Waals surface area (Å²) < 4.78 is 55.5. The molecule has 7 heterocycles. The highest BCUT2D eigenvalue weighted by Crippen LogP contribution is 2.45. The van der Waals surface area contributed by atoms with Gasteiger partial charge in [0.05, 0.1) is 28.4 Å². The fourth-order valence-electron chi connectivity index (χ4n) is 11.2. The third-order valence-electron chi connectivity index (χ3n) is 13.8. The molecule has 2 bridgehead atoms. The molecular weight excluding hydrogens is 805 g/mol. The topological polar surface area (TPSA) is 115 Å². The molecular formula is C45H54ClF3N8O2Si. The molecule has 4 aliphatic heterocycles. The number of anilines is 1. The molecule has 60 heavy (non-hydrogen) atoms. The van der Waals surface area contributed by atoms with E-state index in [1.807, 2.05) is 0 Å². The van der Waals surface area contributed by atoms with Gasteiger partial charge < -0.3 is 20.1 Å². The summed E-state index contributed by atoms with van der Waals surface area (Å²) >= 11 is 0. The number of phenols is 1. The highest BCUT2D eigenvalue weighted by atomic mass is 35.5. The number of fused-ring (bicyclic) bond motifs is 5. The summed E-state index contributed by atoms with van der Waals surface area (Å²) in [5.74, 6) is 2.36. The maximum Gasteiger partial charge on any atom is 0.319 e. The van der Waals surface area contributed by atoms with Gasteiger partial charge in [-0.15, -0.1) is 18.0 Å². The highest BCUT2D eigenvalue weighted by Gasteiger charge is 2.49. The Morgan fingerprint density at radius 2 is 1.70 bits per heavy atom. The minimum atomic E-state index is -2.33. The SMILES string of the molecule is CC(C)[Si](C#Cc1c(F)ccc2cc(O)cc(-c3nc(-c4cn[nH]c4)c4c(N5C[C@H]6CC[C@@H](C5)N6)nc(OC[C@@]56CCCN5C[C@H](F)C6)nc4c3F)c12)(C(C)C)C(C)C.Cl. The van der Waals surface area contributed by atoms with Crippen molar-refractivity contribution in [3.63, 3.8) is 0 Å². The molecule has 0 amide bonds. The van der Waals surface area contributed by atoms with Crippen LogP contribution in [-0.4, -0.2) is 99.8 Å². The summed E-state index contributed by atoms with van der Waals surface area (Å²) in [5, 5.41) is 23.2. The molecule has 4 fully saturated rings. The van der Waals surface area contributed by atoms with Gasteiger partial charge in [-0.3, -0.25) is 10.00 Å². The van der Waals surface area contributed by atoms with Gasteiger partial charge in [0.1, 0.15) is 49.4 Å². The predicted molar refractivity (Wildman–Crippen MR) is 235 cm³/mol. The Morgan fingerprint density at radius 1 is 0.967 bits per heavy atom. The smallest absolute Gasteiger partial charge is 0.319 e. The Bertz CT molecular complexity index is 2460. The Hall–Kier alpha value is -4.42. The molecule has 0 saturated carbocycles. The number of hydrogen-bond acceptors (Lipinski definition) is 9. The minimum absolute atomic E-state index is 0. The lowest BCUT2D eigenvalue weighted by Gasteiger charge is -2.38. The number of pyridine rings is 1. The lowest BCUT2D eigenvalue weighted by Crippen LogP contribution is -2.51. The molecule has 4 atom stereocenters. The molecule has 10 nitrogen and oxygen atoms in total. The average Bonchev–Trinajstić information content (AvgIpc) is 3.99. The summed E-state index contributed by atoms with van der Waals surface area (Å²) in [6.45, 7) is 15.8. The van der Waals surface area contributed by atoms with Gasteiger partial charge in [0.15, 0.2) is 5.82 Å². The number of rotatable bonds is 9. The number of phenolic OH excluding ortho intramolecular Hbond substituents is 1. The van der Waals surface area contributed by atoms with Gasteiger partial charge in [-0.25, -0.2) is 18.2 Å². The van der Waals surface area contributed by atoms with Crippen LogP contribution in [0.2, 0.25) is 16.6 Å². The number of piperazine rings is 1. The average molecular weight is 860 g/mol. The van der Waals surface area contributed by atoms with E-state index in [1.54, 1.807) is 24.5 Å². The van der Waals surface area contributed by atoms with E-state index < -0.39 is 31.4 Å². The van der Waals surface area contributed by atoms with Gasteiger partial charge in [-0.2, -0.15) is 15.1 Å². The maximum atomic E-state index is 17.9. The molecule has 3 N–H and O–H groups in total. The largest absolute Gasteiger partial charge is 0.508 e. The van der Waals surface area contributed by atoms with Crippen molar-refractivity contribution in [2.45, 2.75) is 114 Å². The van der Waals surface area contributed by atoms with Crippen LogP contribution >= 0.6 is 12.4 Å². The van der Waals surface area contributed by atoms with Crippen molar-refractivity contribution in [1.82, 2.24) is 35.4 Å². The molecule has 0 aliphatic carbocycles. The normalized spacial score (nSPS) is 22.9. The van der Waals surface area contributed by atoms with Crippen LogP contribution in [0.1, 0.15) is 79.2 Å². The third-order valence-corrected chi connectivity index (χ3v) is 20.1. The van der Waals surface area contributed by atoms with Crippen LogP contribution in [0.15, 0.2) is 36.7 Å². The predicted octanol–water partition coefficient (Wildman–Crippen LogP) is 9.11. The van der Waals surface area contributed by atoms with E-state index in [2.05, 4.69) is 78.3 Å². The van der Waals surface area contributed by atoms with Crippen molar-refractivity contribution in [3.8, 4) is 45.7 Å². The zero-order valence-electron chi connectivity index (χ0n) is 35.1. The highest BCUT2D eigenvalue weighted by molar-refractivity contribution is 6.90. The number of halogens is 4. The number of aromatic hydroxyl groups is 1. The molecule has 0 spiro atoms.